The predicted molar refractivity (Wildman–Crippen MR) is 207 cm³/mol. The van der Waals surface area contributed by atoms with E-state index in [1.807, 2.05) is 0 Å². The third-order valence-corrected chi connectivity index (χ3v) is 19.5. The molecule has 1 nitrogen and oxygen atoms in total. The van der Waals surface area contributed by atoms with Gasteiger partial charge in [-0.1, -0.05) is 18.2 Å². The summed E-state index contributed by atoms with van der Waals surface area (Å²) in [4.78, 5) is 0. The van der Waals surface area contributed by atoms with Crippen molar-refractivity contribution in [2.45, 2.75) is 37.7 Å². The average molecular weight is 700 g/mol. The summed E-state index contributed by atoms with van der Waals surface area (Å²) in [7, 11) is 0. The van der Waals surface area contributed by atoms with Crippen molar-refractivity contribution in [1.82, 2.24) is 0 Å². The number of hydrogen-bond donors (Lipinski definition) is 0. The fraction of sp³-hybridized carbons (Fsp3) is 0.182. The van der Waals surface area contributed by atoms with Crippen molar-refractivity contribution in [2.75, 3.05) is 12.8 Å². The van der Waals surface area contributed by atoms with Crippen LogP contribution in [0.2, 0.25) is 0 Å². The zero-order chi connectivity index (χ0) is 32.3. The van der Waals surface area contributed by atoms with E-state index in [0.717, 1.165) is 42.1 Å². The Kier molecular flexibility index (Phi) is 10.8. The molecule has 0 amide bonds. The molecule has 0 aliphatic heterocycles. The molecule has 0 saturated carbocycles. The van der Waals surface area contributed by atoms with Crippen molar-refractivity contribution in [2.24, 2.45) is 0 Å². The number of ether oxygens (including phenoxy) is 1. The minimum absolute atomic E-state index is 0.655. The molecule has 6 aromatic carbocycles. The van der Waals surface area contributed by atoms with Gasteiger partial charge in [0, 0.05) is 0 Å². The zero-order valence-corrected chi connectivity index (χ0v) is 29.5. The van der Waals surface area contributed by atoms with Gasteiger partial charge in [-0.15, -0.1) is 0 Å². The molecule has 0 N–H and O–H groups in total. The first kappa shape index (κ1) is 33.1. The first-order valence-corrected chi connectivity index (χ1v) is 21.3. The SMILES string of the molecule is BrP(CCCCCCCOC(c1ccccc1)(c1ccccc1)c1ccccc1)(c1ccccc1)(c1ccccc1)c1ccccc1. The number of benzene rings is 6. The summed E-state index contributed by atoms with van der Waals surface area (Å²) in [6, 6.07) is 65.5. The minimum atomic E-state index is -2.87. The second-order valence-corrected chi connectivity index (χ2v) is 21.4. The van der Waals surface area contributed by atoms with E-state index in [1.54, 1.807) is 0 Å². The van der Waals surface area contributed by atoms with Crippen LogP contribution in [0.4, 0.5) is 0 Å². The van der Waals surface area contributed by atoms with E-state index < -0.39 is 10.9 Å². The van der Waals surface area contributed by atoms with Gasteiger partial charge in [0.05, 0.1) is 0 Å². The van der Waals surface area contributed by atoms with E-state index in [-0.39, 0.29) is 0 Å². The number of halogens is 1. The molecule has 0 atom stereocenters. The van der Waals surface area contributed by atoms with Crippen LogP contribution in [-0.2, 0) is 10.3 Å². The third-order valence-electron chi connectivity index (χ3n) is 9.47. The van der Waals surface area contributed by atoms with Gasteiger partial charge in [-0.3, -0.25) is 0 Å². The molecule has 0 unspecified atom stereocenters. The Morgan fingerprint density at radius 1 is 0.383 bits per heavy atom. The summed E-state index contributed by atoms with van der Waals surface area (Å²) in [6.07, 6.45) is 6.73. The van der Waals surface area contributed by atoms with Gasteiger partial charge in [-0.2, -0.15) is 0 Å². The second-order valence-electron chi connectivity index (χ2n) is 12.3. The molecule has 0 bridgehead atoms. The van der Waals surface area contributed by atoms with Gasteiger partial charge in [-0.05, 0) is 0 Å². The molecule has 0 saturated heterocycles. The Labute approximate surface area is 289 Å². The van der Waals surface area contributed by atoms with E-state index in [1.165, 1.54) is 28.8 Å². The van der Waals surface area contributed by atoms with Crippen molar-refractivity contribution in [3.8, 4) is 0 Å². The average Bonchev–Trinajstić information content (AvgIpc) is 3.16. The fourth-order valence-electron chi connectivity index (χ4n) is 7.09. The Morgan fingerprint density at radius 2 is 0.681 bits per heavy atom. The molecule has 0 radical (unpaired) electrons. The topological polar surface area (TPSA) is 9.23 Å². The molecule has 3 heteroatoms. The number of rotatable bonds is 15. The normalized spacial score (nSPS) is 12.7. The van der Waals surface area contributed by atoms with Crippen LogP contribution in [0.25, 0.3) is 0 Å². The Morgan fingerprint density at radius 3 is 1.04 bits per heavy atom. The van der Waals surface area contributed by atoms with Crippen LogP contribution < -0.4 is 15.9 Å². The third kappa shape index (κ3) is 6.79. The monoisotopic (exact) mass is 698 g/mol. The molecule has 6 aromatic rings. The number of unbranched alkanes of at least 4 members (excludes halogenated alkanes) is 4. The molecule has 0 aliphatic rings. The van der Waals surface area contributed by atoms with E-state index in [0.29, 0.717) is 6.61 Å². The van der Waals surface area contributed by atoms with Gasteiger partial charge in [0.2, 0.25) is 0 Å². The van der Waals surface area contributed by atoms with E-state index in [4.69, 9.17) is 4.74 Å². The summed E-state index contributed by atoms with van der Waals surface area (Å²) in [5.74, 6) is 0. The summed E-state index contributed by atoms with van der Waals surface area (Å²) < 4.78 is 7.04. The molecule has 0 spiro atoms. The van der Waals surface area contributed by atoms with Crippen LogP contribution in [0, 0.1) is 0 Å². The molecule has 47 heavy (non-hydrogen) atoms. The van der Waals surface area contributed by atoms with Crippen molar-refractivity contribution in [3.63, 3.8) is 0 Å². The van der Waals surface area contributed by atoms with E-state index in [2.05, 4.69) is 197 Å². The quantitative estimate of drug-likeness (QED) is 0.0589. The summed E-state index contributed by atoms with van der Waals surface area (Å²) >= 11 is 4.61. The van der Waals surface area contributed by atoms with Gasteiger partial charge in [0.25, 0.3) is 0 Å². The van der Waals surface area contributed by atoms with Crippen LogP contribution in [0.3, 0.4) is 0 Å². The maximum absolute atomic E-state index is 7.04. The van der Waals surface area contributed by atoms with Crippen LogP contribution in [0.1, 0.15) is 48.8 Å². The van der Waals surface area contributed by atoms with Crippen LogP contribution >= 0.6 is 20.8 Å². The molecule has 238 valence electrons. The molecule has 0 heterocycles. The van der Waals surface area contributed by atoms with Crippen molar-refractivity contribution in [1.29, 1.82) is 0 Å². The molecular weight excluding hydrogens is 655 g/mol. The number of hydrogen-bond acceptors (Lipinski definition) is 1. The molecular formula is C44H44BrOP. The van der Waals surface area contributed by atoms with E-state index in [9.17, 15) is 0 Å². The first-order valence-electron chi connectivity index (χ1n) is 16.9. The fourth-order valence-corrected chi connectivity index (χ4v) is 14.8. The van der Waals surface area contributed by atoms with Crippen molar-refractivity contribution in [3.05, 3.63) is 199 Å². The zero-order valence-electron chi connectivity index (χ0n) is 27.0. The maximum atomic E-state index is 7.04. The Hall–Kier alpha value is -3.81. The molecule has 0 aromatic heterocycles. The van der Waals surface area contributed by atoms with Gasteiger partial charge in [-0.25, -0.2) is 0 Å². The first-order chi connectivity index (χ1) is 23.2. The standard InChI is InChI=1S/C44H44BrOP/c45-47(41-30-16-7-17-31-41,42-32-18-8-19-33-42,43-34-20-9-21-35-43)37-23-3-1-2-22-36-46-44(38-24-10-4-11-25-38,39-26-12-5-13-27-39)40-28-14-6-15-29-40/h4-21,24-35H,1-3,22-23,36-37H2. The van der Waals surface area contributed by atoms with Gasteiger partial charge >= 0.3 is 272 Å². The van der Waals surface area contributed by atoms with Crippen LogP contribution in [0.5, 0.6) is 0 Å². The Bertz CT molecular complexity index is 1580. The summed E-state index contributed by atoms with van der Waals surface area (Å²) in [5, 5.41) is 1.31. The summed E-state index contributed by atoms with van der Waals surface area (Å²) in [6.45, 7) is 0.689. The van der Waals surface area contributed by atoms with E-state index >= 15 is 0 Å². The summed E-state index contributed by atoms with van der Waals surface area (Å²) in [5.41, 5.74) is 2.81. The van der Waals surface area contributed by atoms with Crippen LogP contribution in [0.15, 0.2) is 182 Å². The van der Waals surface area contributed by atoms with Crippen LogP contribution in [-0.4, -0.2) is 12.8 Å². The van der Waals surface area contributed by atoms with Crippen molar-refractivity contribution >= 4 is 36.7 Å². The van der Waals surface area contributed by atoms with Gasteiger partial charge in [0.15, 0.2) is 0 Å². The molecule has 0 aliphatic carbocycles. The second kappa shape index (κ2) is 15.4. The van der Waals surface area contributed by atoms with Crippen molar-refractivity contribution < 1.29 is 4.74 Å². The van der Waals surface area contributed by atoms with Gasteiger partial charge < -0.3 is 0 Å². The van der Waals surface area contributed by atoms with Gasteiger partial charge in [0.1, 0.15) is 0 Å². The Balaban J connectivity index is 1.16. The molecule has 0 fully saturated rings. The molecule has 6 rings (SSSR count). The predicted octanol–water partition coefficient (Wildman–Crippen LogP) is 10.8.